The highest BCUT2D eigenvalue weighted by Gasteiger charge is 2.22. The van der Waals surface area contributed by atoms with E-state index in [1.807, 2.05) is 30.3 Å². The first kappa shape index (κ1) is 12.9. The summed E-state index contributed by atoms with van der Waals surface area (Å²) >= 11 is 0. The van der Waals surface area contributed by atoms with Crippen LogP contribution in [0.4, 0.5) is 4.79 Å². The van der Waals surface area contributed by atoms with Crippen LogP contribution in [0.15, 0.2) is 30.3 Å². The number of benzene rings is 1. The van der Waals surface area contributed by atoms with Crippen LogP contribution >= 0.6 is 0 Å². The standard InChI is InChI=1S/C13H17NO4/c15-12-6-11(8-17-9-12)14-13(16)18-7-10-4-2-1-3-5-10/h1-5,11-12,15H,6-9H2,(H,14,16)/t11-,12-/m0/s1. The van der Waals surface area contributed by atoms with Gasteiger partial charge in [0.1, 0.15) is 6.61 Å². The Morgan fingerprint density at radius 2 is 2.17 bits per heavy atom. The third kappa shape index (κ3) is 4.01. The molecule has 0 aromatic heterocycles. The van der Waals surface area contributed by atoms with Crippen LogP contribution < -0.4 is 5.32 Å². The predicted molar refractivity (Wildman–Crippen MR) is 65.0 cm³/mol. The first-order valence-electron chi connectivity index (χ1n) is 5.97. The minimum absolute atomic E-state index is 0.183. The third-order valence-electron chi connectivity index (χ3n) is 2.72. The molecule has 1 aromatic rings. The summed E-state index contributed by atoms with van der Waals surface area (Å²) in [5, 5.41) is 12.1. The van der Waals surface area contributed by atoms with Gasteiger partial charge in [0.05, 0.1) is 25.4 Å². The number of hydrogen-bond acceptors (Lipinski definition) is 4. The van der Waals surface area contributed by atoms with Crippen molar-refractivity contribution >= 4 is 6.09 Å². The van der Waals surface area contributed by atoms with Crippen LogP contribution in [-0.2, 0) is 16.1 Å². The molecular formula is C13H17NO4. The normalized spacial score (nSPS) is 23.4. The fourth-order valence-electron chi connectivity index (χ4n) is 1.84. The second-order valence-corrected chi connectivity index (χ2v) is 4.33. The number of carbonyl (C=O) groups is 1. The highest BCUT2D eigenvalue weighted by Crippen LogP contribution is 2.07. The molecule has 18 heavy (non-hydrogen) atoms. The molecule has 2 atom stereocenters. The molecule has 2 N–H and O–H groups in total. The van der Waals surface area contributed by atoms with Gasteiger partial charge < -0.3 is 19.9 Å². The minimum atomic E-state index is -0.516. The highest BCUT2D eigenvalue weighted by atomic mass is 16.5. The lowest BCUT2D eigenvalue weighted by atomic mass is 10.1. The van der Waals surface area contributed by atoms with Gasteiger partial charge in [-0.15, -0.1) is 0 Å². The zero-order valence-electron chi connectivity index (χ0n) is 10.0. The molecule has 0 unspecified atom stereocenters. The molecule has 0 radical (unpaired) electrons. The van der Waals surface area contributed by atoms with Gasteiger partial charge in [-0.1, -0.05) is 30.3 Å². The van der Waals surface area contributed by atoms with Crippen molar-refractivity contribution in [1.29, 1.82) is 0 Å². The largest absolute Gasteiger partial charge is 0.445 e. The molecule has 2 rings (SSSR count). The molecule has 1 heterocycles. The maximum absolute atomic E-state index is 11.5. The summed E-state index contributed by atoms with van der Waals surface area (Å²) in [6, 6.07) is 9.28. The van der Waals surface area contributed by atoms with Crippen LogP contribution in [-0.4, -0.2) is 36.6 Å². The van der Waals surface area contributed by atoms with E-state index in [9.17, 15) is 9.90 Å². The van der Waals surface area contributed by atoms with Crippen molar-refractivity contribution in [3.63, 3.8) is 0 Å². The molecular weight excluding hydrogens is 234 g/mol. The van der Waals surface area contributed by atoms with E-state index in [1.54, 1.807) is 0 Å². The Labute approximate surface area is 106 Å². The summed E-state index contributed by atoms with van der Waals surface area (Å²) < 4.78 is 10.2. The van der Waals surface area contributed by atoms with Crippen molar-refractivity contribution in [1.82, 2.24) is 5.32 Å². The zero-order chi connectivity index (χ0) is 12.8. The Balaban J connectivity index is 1.72. The van der Waals surface area contributed by atoms with Crippen LogP contribution in [0.2, 0.25) is 0 Å². The lowest BCUT2D eigenvalue weighted by Gasteiger charge is -2.26. The molecule has 1 aliphatic heterocycles. The summed E-state index contributed by atoms with van der Waals surface area (Å²) in [5.41, 5.74) is 0.938. The Bertz CT molecular complexity index is 382. The topological polar surface area (TPSA) is 67.8 Å². The SMILES string of the molecule is O=C(N[C@@H]1COC[C@@H](O)C1)OCc1ccccc1. The molecule has 1 aliphatic rings. The van der Waals surface area contributed by atoms with E-state index in [-0.39, 0.29) is 12.6 Å². The molecule has 1 amide bonds. The van der Waals surface area contributed by atoms with E-state index in [1.165, 1.54) is 0 Å². The maximum atomic E-state index is 11.5. The first-order chi connectivity index (χ1) is 8.74. The molecule has 0 bridgehead atoms. The van der Waals surface area contributed by atoms with E-state index in [4.69, 9.17) is 9.47 Å². The Morgan fingerprint density at radius 3 is 2.89 bits per heavy atom. The predicted octanol–water partition coefficient (Wildman–Crippen LogP) is 1.06. The smallest absolute Gasteiger partial charge is 0.407 e. The molecule has 98 valence electrons. The number of aliphatic hydroxyl groups is 1. The summed E-state index contributed by atoms with van der Waals surface area (Å²) in [4.78, 5) is 11.5. The molecule has 1 saturated heterocycles. The molecule has 5 heteroatoms. The van der Waals surface area contributed by atoms with Crippen LogP contribution in [0.3, 0.4) is 0 Å². The number of amides is 1. The second kappa shape index (κ2) is 6.37. The maximum Gasteiger partial charge on any atom is 0.407 e. The molecule has 1 fully saturated rings. The van der Waals surface area contributed by atoms with Gasteiger partial charge in [-0.3, -0.25) is 0 Å². The zero-order valence-corrected chi connectivity index (χ0v) is 10.0. The van der Waals surface area contributed by atoms with Crippen molar-refractivity contribution in [2.45, 2.75) is 25.2 Å². The van der Waals surface area contributed by atoms with E-state index in [2.05, 4.69) is 5.32 Å². The lowest BCUT2D eigenvalue weighted by molar-refractivity contribution is -0.0228. The first-order valence-corrected chi connectivity index (χ1v) is 5.97. The van der Waals surface area contributed by atoms with Crippen LogP contribution in [0.5, 0.6) is 0 Å². The van der Waals surface area contributed by atoms with E-state index in [0.717, 1.165) is 5.56 Å². The van der Waals surface area contributed by atoms with Crippen molar-refractivity contribution in [3.05, 3.63) is 35.9 Å². The van der Waals surface area contributed by atoms with Gasteiger partial charge in [-0.05, 0) is 12.0 Å². The quantitative estimate of drug-likeness (QED) is 0.843. The van der Waals surface area contributed by atoms with Gasteiger partial charge in [-0.2, -0.15) is 0 Å². The van der Waals surface area contributed by atoms with Gasteiger partial charge >= 0.3 is 6.09 Å². The Kier molecular flexibility index (Phi) is 4.55. The van der Waals surface area contributed by atoms with Gasteiger partial charge in [0.15, 0.2) is 0 Å². The number of alkyl carbamates (subject to hydrolysis) is 1. The monoisotopic (exact) mass is 251 g/mol. The molecule has 5 nitrogen and oxygen atoms in total. The van der Waals surface area contributed by atoms with Crippen molar-refractivity contribution in [3.8, 4) is 0 Å². The van der Waals surface area contributed by atoms with Crippen LogP contribution in [0.25, 0.3) is 0 Å². The number of carbonyl (C=O) groups excluding carboxylic acids is 1. The van der Waals surface area contributed by atoms with E-state index < -0.39 is 12.2 Å². The summed E-state index contributed by atoms with van der Waals surface area (Å²) in [5.74, 6) is 0. The Hall–Kier alpha value is -1.59. The summed E-state index contributed by atoms with van der Waals surface area (Å²) in [6.07, 6.45) is -0.500. The van der Waals surface area contributed by atoms with Crippen LogP contribution in [0, 0.1) is 0 Å². The van der Waals surface area contributed by atoms with E-state index in [0.29, 0.717) is 19.6 Å². The van der Waals surface area contributed by atoms with Gasteiger partial charge in [0.2, 0.25) is 0 Å². The Morgan fingerprint density at radius 1 is 1.39 bits per heavy atom. The minimum Gasteiger partial charge on any atom is -0.445 e. The summed E-state index contributed by atoms with van der Waals surface area (Å²) in [7, 11) is 0. The van der Waals surface area contributed by atoms with Crippen LogP contribution in [0.1, 0.15) is 12.0 Å². The van der Waals surface area contributed by atoms with Crippen molar-refractivity contribution in [2.75, 3.05) is 13.2 Å². The number of nitrogens with one attached hydrogen (secondary N) is 1. The number of hydrogen-bond donors (Lipinski definition) is 2. The lowest BCUT2D eigenvalue weighted by Crippen LogP contribution is -2.45. The highest BCUT2D eigenvalue weighted by molar-refractivity contribution is 5.67. The fraction of sp³-hybridized carbons (Fsp3) is 0.462. The molecule has 0 spiro atoms. The molecule has 1 aromatic carbocycles. The average Bonchev–Trinajstić information content (AvgIpc) is 2.38. The third-order valence-corrected chi connectivity index (χ3v) is 2.72. The average molecular weight is 251 g/mol. The number of ether oxygens (including phenoxy) is 2. The molecule has 0 saturated carbocycles. The van der Waals surface area contributed by atoms with Crippen molar-refractivity contribution < 1.29 is 19.4 Å². The second-order valence-electron chi connectivity index (χ2n) is 4.33. The van der Waals surface area contributed by atoms with Crippen molar-refractivity contribution in [2.24, 2.45) is 0 Å². The van der Waals surface area contributed by atoms with Gasteiger partial charge in [0, 0.05) is 0 Å². The number of aliphatic hydroxyl groups excluding tert-OH is 1. The van der Waals surface area contributed by atoms with E-state index >= 15 is 0 Å². The summed E-state index contributed by atoms with van der Waals surface area (Å²) in [6.45, 7) is 0.984. The number of rotatable bonds is 3. The fourth-order valence-corrected chi connectivity index (χ4v) is 1.84. The molecule has 0 aliphatic carbocycles. The van der Waals surface area contributed by atoms with Gasteiger partial charge in [0.25, 0.3) is 0 Å². The van der Waals surface area contributed by atoms with Gasteiger partial charge in [-0.25, -0.2) is 4.79 Å².